The summed E-state index contributed by atoms with van der Waals surface area (Å²) < 4.78 is 5.14. The average molecular weight is 181 g/mol. The molecule has 72 valence electrons. The van der Waals surface area contributed by atoms with E-state index in [0.717, 1.165) is 11.3 Å². The Morgan fingerprint density at radius 2 is 1.92 bits per heavy atom. The van der Waals surface area contributed by atoms with Gasteiger partial charge in [-0.15, -0.1) is 0 Å². The lowest BCUT2D eigenvalue weighted by molar-refractivity contribution is 0.386. The molecule has 0 spiro atoms. The number of hydrogen-bond donors (Lipinski definition) is 1. The van der Waals surface area contributed by atoms with Gasteiger partial charge in [0.1, 0.15) is 5.82 Å². The van der Waals surface area contributed by atoms with Crippen molar-refractivity contribution < 1.29 is 4.74 Å². The molecule has 0 aliphatic heterocycles. The lowest BCUT2D eigenvalue weighted by Crippen LogP contribution is -2.12. The highest BCUT2D eigenvalue weighted by atomic mass is 16.5. The quantitative estimate of drug-likeness (QED) is 0.742. The van der Waals surface area contributed by atoms with Gasteiger partial charge in [-0.05, 0) is 20.8 Å². The zero-order valence-corrected chi connectivity index (χ0v) is 8.46. The van der Waals surface area contributed by atoms with Crippen molar-refractivity contribution in [2.24, 2.45) is 5.73 Å². The smallest absolute Gasteiger partial charge is 0.221 e. The molecule has 0 amide bonds. The van der Waals surface area contributed by atoms with E-state index >= 15 is 0 Å². The van der Waals surface area contributed by atoms with Gasteiger partial charge in [0.15, 0.2) is 0 Å². The highest BCUT2D eigenvalue weighted by Crippen LogP contribution is 2.23. The number of aromatic nitrogens is 2. The molecule has 0 saturated carbocycles. The molecule has 4 heteroatoms. The molecule has 1 aromatic rings. The van der Waals surface area contributed by atoms with Crippen LogP contribution in [0.25, 0.3) is 0 Å². The Morgan fingerprint density at radius 1 is 1.31 bits per heavy atom. The van der Waals surface area contributed by atoms with Crippen LogP contribution in [0.1, 0.15) is 30.0 Å². The van der Waals surface area contributed by atoms with Gasteiger partial charge in [0.25, 0.3) is 0 Å². The Kier molecular flexibility index (Phi) is 2.83. The van der Waals surface area contributed by atoms with Crippen LogP contribution in [0.2, 0.25) is 0 Å². The third kappa shape index (κ3) is 1.95. The summed E-state index contributed by atoms with van der Waals surface area (Å²) in [6.07, 6.45) is 0. The summed E-state index contributed by atoms with van der Waals surface area (Å²) in [6, 6.07) is -0.101. The van der Waals surface area contributed by atoms with Gasteiger partial charge in [0, 0.05) is 11.7 Å². The lowest BCUT2D eigenvalue weighted by atomic mass is 10.1. The van der Waals surface area contributed by atoms with Gasteiger partial charge >= 0.3 is 0 Å². The summed E-state index contributed by atoms with van der Waals surface area (Å²) in [6.45, 7) is 5.64. The van der Waals surface area contributed by atoms with Crippen LogP contribution in [0.15, 0.2) is 0 Å². The second-order valence-corrected chi connectivity index (χ2v) is 3.07. The van der Waals surface area contributed by atoms with Crippen LogP contribution in [0, 0.1) is 13.8 Å². The molecular weight excluding hydrogens is 166 g/mol. The molecule has 2 N–H and O–H groups in total. The van der Waals surface area contributed by atoms with Crippen molar-refractivity contribution in [3.8, 4) is 5.88 Å². The summed E-state index contributed by atoms with van der Waals surface area (Å²) in [5.41, 5.74) is 7.55. The van der Waals surface area contributed by atoms with Gasteiger partial charge in [-0.1, -0.05) is 0 Å². The third-order valence-electron chi connectivity index (χ3n) is 1.86. The second-order valence-electron chi connectivity index (χ2n) is 3.07. The molecule has 0 aliphatic rings. The molecule has 1 heterocycles. The van der Waals surface area contributed by atoms with E-state index in [1.54, 1.807) is 7.11 Å². The monoisotopic (exact) mass is 181 g/mol. The van der Waals surface area contributed by atoms with Crippen molar-refractivity contribution in [2.45, 2.75) is 26.8 Å². The average Bonchev–Trinajstić information content (AvgIpc) is 2.01. The van der Waals surface area contributed by atoms with Crippen molar-refractivity contribution in [1.29, 1.82) is 0 Å². The minimum Gasteiger partial charge on any atom is -0.481 e. The van der Waals surface area contributed by atoms with Crippen molar-refractivity contribution in [2.75, 3.05) is 7.11 Å². The minimum atomic E-state index is -0.101. The molecule has 1 atom stereocenters. The highest BCUT2D eigenvalue weighted by molar-refractivity contribution is 5.32. The fourth-order valence-electron chi connectivity index (χ4n) is 1.37. The number of hydrogen-bond acceptors (Lipinski definition) is 4. The third-order valence-corrected chi connectivity index (χ3v) is 1.86. The molecule has 0 radical (unpaired) electrons. The van der Waals surface area contributed by atoms with Gasteiger partial charge in [-0.25, -0.2) is 4.98 Å². The predicted molar refractivity (Wildman–Crippen MR) is 50.7 cm³/mol. The fraction of sp³-hybridized carbons (Fsp3) is 0.556. The van der Waals surface area contributed by atoms with Gasteiger partial charge < -0.3 is 10.5 Å². The van der Waals surface area contributed by atoms with Crippen molar-refractivity contribution >= 4 is 0 Å². The molecule has 0 aliphatic carbocycles. The summed E-state index contributed by atoms with van der Waals surface area (Å²) in [5, 5.41) is 0. The molecule has 0 fully saturated rings. The van der Waals surface area contributed by atoms with Crippen LogP contribution in [-0.4, -0.2) is 17.1 Å². The number of methoxy groups -OCH3 is 1. The van der Waals surface area contributed by atoms with E-state index < -0.39 is 0 Å². The summed E-state index contributed by atoms with van der Waals surface area (Å²) in [5.74, 6) is 1.29. The van der Waals surface area contributed by atoms with Crippen molar-refractivity contribution in [3.63, 3.8) is 0 Å². The van der Waals surface area contributed by atoms with Crippen molar-refractivity contribution in [1.82, 2.24) is 9.97 Å². The number of aryl methyl sites for hydroxylation is 2. The Morgan fingerprint density at radius 3 is 2.38 bits per heavy atom. The van der Waals surface area contributed by atoms with Gasteiger partial charge in [-0.2, -0.15) is 4.98 Å². The maximum atomic E-state index is 5.78. The van der Waals surface area contributed by atoms with E-state index in [4.69, 9.17) is 10.5 Å². The van der Waals surface area contributed by atoms with Crippen LogP contribution in [-0.2, 0) is 0 Å². The van der Waals surface area contributed by atoms with Gasteiger partial charge in [0.05, 0.1) is 12.7 Å². The molecule has 0 aromatic carbocycles. The summed E-state index contributed by atoms with van der Waals surface area (Å²) in [7, 11) is 1.59. The van der Waals surface area contributed by atoms with Gasteiger partial charge in [-0.3, -0.25) is 0 Å². The van der Waals surface area contributed by atoms with E-state index in [1.807, 2.05) is 20.8 Å². The van der Waals surface area contributed by atoms with E-state index in [2.05, 4.69) is 9.97 Å². The van der Waals surface area contributed by atoms with E-state index in [9.17, 15) is 0 Å². The Labute approximate surface area is 78.1 Å². The second kappa shape index (κ2) is 3.70. The summed E-state index contributed by atoms with van der Waals surface area (Å²) >= 11 is 0. The van der Waals surface area contributed by atoms with Crippen molar-refractivity contribution in [3.05, 3.63) is 17.1 Å². The molecular formula is C9H15N3O. The summed E-state index contributed by atoms with van der Waals surface area (Å²) in [4.78, 5) is 8.39. The molecule has 4 nitrogen and oxygen atoms in total. The Balaban J connectivity index is 3.30. The number of ether oxygens (including phenoxy) is 1. The molecule has 1 rings (SSSR count). The molecule has 1 aromatic heterocycles. The number of nitrogens with two attached hydrogens (primary N) is 1. The fourth-order valence-corrected chi connectivity index (χ4v) is 1.37. The zero-order valence-electron chi connectivity index (χ0n) is 8.46. The first-order valence-electron chi connectivity index (χ1n) is 4.21. The standard InChI is InChI=1S/C9H15N3O/c1-5(10)8-6(2)11-7(3)12-9(8)13-4/h5H,10H2,1-4H3. The zero-order chi connectivity index (χ0) is 10.0. The molecule has 0 bridgehead atoms. The normalized spacial score (nSPS) is 12.7. The van der Waals surface area contributed by atoms with E-state index in [0.29, 0.717) is 11.7 Å². The van der Waals surface area contributed by atoms with Gasteiger partial charge in [0.2, 0.25) is 5.88 Å². The molecule has 1 unspecified atom stereocenters. The molecule has 0 saturated heterocycles. The Bertz CT molecular complexity index is 310. The van der Waals surface area contributed by atoms with Crippen LogP contribution in [0.3, 0.4) is 0 Å². The van der Waals surface area contributed by atoms with E-state index in [1.165, 1.54) is 0 Å². The van der Waals surface area contributed by atoms with Crippen LogP contribution in [0.4, 0.5) is 0 Å². The molecule has 13 heavy (non-hydrogen) atoms. The lowest BCUT2D eigenvalue weighted by Gasteiger charge is -2.13. The van der Waals surface area contributed by atoms with Crippen LogP contribution in [0.5, 0.6) is 5.88 Å². The first-order chi connectivity index (χ1) is 6.06. The number of nitrogens with zero attached hydrogens (tertiary/aromatic N) is 2. The topological polar surface area (TPSA) is 61.0 Å². The van der Waals surface area contributed by atoms with Crippen LogP contribution >= 0.6 is 0 Å². The SMILES string of the molecule is COc1nc(C)nc(C)c1C(C)N. The largest absolute Gasteiger partial charge is 0.481 e. The maximum absolute atomic E-state index is 5.78. The maximum Gasteiger partial charge on any atom is 0.221 e. The number of rotatable bonds is 2. The minimum absolute atomic E-state index is 0.101. The first-order valence-corrected chi connectivity index (χ1v) is 4.21. The predicted octanol–water partition coefficient (Wildman–Crippen LogP) is 1.12. The van der Waals surface area contributed by atoms with E-state index in [-0.39, 0.29) is 6.04 Å². The Hall–Kier alpha value is -1.16. The van der Waals surface area contributed by atoms with Crippen LogP contribution < -0.4 is 10.5 Å². The highest BCUT2D eigenvalue weighted by Gasteiger charge is 2.13. The first kappa shape index (κ1) is 9.92.